The second kappa shape index (κ2) is 7.56. The summed E-state index contributed by atoms with van der Waals surface area (Å²) in [6.07, 6.45) is 4.67. The molecule has 0 spiro atoms. The van der Waals surface area contributed by atoms with E-state index >= 15 is 0 Å². The lowest BCUT2D eigenvalue weighted by molar-refractivity contribution is 0.441. The van der Waals surface area contributed by atoms with Gasteiger partial charge < -0.3 is 10.6 Å². The summed E-state index contributed by atoms with van der Waals surface area (Å²) in [6.45, 7) is 3.88. The molecule has 2 rings (SSSR count). The van der Waals surface area contributed by atoms with Gasteiger partial charge in [0.25, 0.3) is 0 Å². The Hall–Kier alpha value is -1.18. The molecule has 1 unspecified atom stereocenters. The second-order valence-electron chi connectivity index (χ2n) is 5.12. The molecule has 1 aromatic rings. The van der Waals surface area contributed by atoms with E-state index in [1.807, 2.05) is 0 Å². The van der Waals surface area contributed by atoms with Crippen molar-refractivity contribution in [3.05, 3.63) is 23.8 Å². The van der Waals surface area contributed by atoms with Crippen LogP contribution in [0.5, 0.6) is 0 Å². The summed E-state index contributed by atoms with van der Waals surface area (Å²) in [5.41, 5.74) is 7.69. The van der Waals surface area contributed by atoms with Crippen LogP contribution in [0, 0.1) is 11.3 Å². The molecule has 1 aromatic carbocycles. The molecule has 0 aliphatic carbocycles. The number of anilines is 1. The van der Waals surface area contributed by atoms with Gasteiger partial charge in [-0.1, -0.05) is 13.0 Å². The number of hydrogen-bond donors (Lipinski definition) is 1. The number of benzene rings is 1. The Bertz CT molecular complexity index is 479. The highest BCUT2D eigenvalue weighted by atomic mass is 32.2. The monoisotopic (exact) mass is 289 g/mol. The van der Waals surface area contributed by atoms with Gasteiger partial charge in [-0.05, 0) is 50.1 Å². The van der Waals surface area contributed by atoms with Gasteiger partial charge in [0.2, 0.25) is 0 Å². The quantitative estimate of drug-likeness (QED) is 0.844. The largest absolute Gasteiger partial charge is 0.367 e. The zero-order chi connectivity index (χ0) is 14.4. The lowest BCUT2D eigenvalue weighted by atomic mass is 9.97. The molecule has 4 heteroatoms. The Kier molecular flexibility index (Phi) is 5.75. The highest BCUT2D eigenvalue weighted by molar-refractivity contribution is 7.99. The zero-order valence-corrected chi connectivity index (χ0v) is 13.0. The van der Waals surface area contributed by atoms with Crippen LogP contribution in [0.2, 0.25) is 0 Å². The third-order valence-corrected chi connectivity index (χ3v) is 4.79. The molecule has 0 amide bonds. The van der Waals surface area contributed by atoms with Crippen LogP contribution in [0.3, 0.4) is 0 Å². The van der Waals surface area contributed by atoms with Crippen molar-refractivity contribution < 1.29 is 0 Å². The molecule has 1 aliphatic heterocycles. The topological polar surface area (TPSA) is 53.0 Å². The Morgan fingerprint density at radius 2 is 2.30 bits per heavy atom. The van der Waals surface area contributed by atoms with Gasteiger partial charge in [0.15, 0.2) is 0 Å². The van der Waals surface area contributed by atoms with Crippen molar-refractivity contribution in [1.29, 1.82) is 5.26 Å². The first-order valence-electron chi connectivity index (χ1n) is 7.44. The number of nitrogens with zero attached hydrogens (tertiary/aromatic N) is 2. The summed E-state index contributed by atoms with van der Waals surface area (Å²) in [4.78, 5) is 3.51. The second-order valence-corrected chi connectivity index (χ2v) is 6.42. The highest BCUT2D eigenvalue weighted by Crippen LogP contribution is 2.34. The maximum Gasteiger partial charge on any atom is 0.103 e. The Labute approximate surface area is 126 Å². The third kappa shape index (κ3) is 3.28. The number of hydrogen-bond acceptors (Lipinski definition) is 4. The zero-order valence-electron chi connectivity index (χ0n) is 12.1. The molecule has 20 heavy (non-hydrogen) atoms. The van der Waals surface area contributed by atoms with Crippen LogP contribution in [-0.4, -0.2) is 24.9 Å². The maximum atomic E-state index is 9.56. The van der Waals surface area contributed by atoms with Crippen molar-refractivity contribution in [2.75, 3.05) is 23.7 Å². The molecular formula is C16H23N3S. The van der Waals surface area contributed by atoms with Gasteiger partial charge in [0.1, 0.15) is 6.07 Å². The van der Waals surface area contributed by atoms with Crippen molar-refractivity contribution in [2.45, 2.75) is 43.5 Å². The first kappa shape index (κ1) is 15.2. The number of nitrogens with two attached hydrogens (primary N) is 1. The molecule has 1 saturated heterocycles. The van der Waals surface area contributed by atoms with Crippen molar-refractivity contribution in [3.8, 4) is 6.07 Å². The molecule has 0 bridgehead atoms. The minimum Gasteiger partial charge on any atom is -0.367 e. The van der Waals surface area contributed by atoms with Gasteiger partial charge >= 0.3 is 0 Å². The van der Waals surface area contributed by atoms with Gasteiger partial charge in [-0.15, -0.1) is 11.8 Å². The first-order valence-corrected chi connectivity index (χ1v) is 8.43. The van der Waals surface area contributed by atoms with E-state index in [9.17, 15) is 5.26 Å². The minimum atomic E-state index is 0.489. The van der Waals surface area contributed by atoms with E-state index in [-0.39, 0.29) is 0 Å². The normalized spacial score (nSPS) is 18.9. The smallest absolute Gasteiger partial charge is 0.103 e. The molecule has 108 valence electrons. The van der Waals surface area contributed by atoms with Crippen LogP contribution in [0.25, 0.3) is 0 Å². The fourth-order valence-electron chi connectivity index (χ4n) is 2.96. The number of thioether (sulfide) groups is 1. The molecular weight excluding hydrogens is 266 g/mol. The Morgan fingerprint density at radius 1 is 1.45 bits per heavy atom. The number of piperidine rings is 1. The van der Waals surface area contributed by atoms with E-state index in [4.69, 9.17) is 5.73 Å². The van der Waals surface area contributed by atoms with Gasteiger partial charge in [-0.25, -0.2) is 0 Å². The van der Waals surface area contributed by atoms with Crippen LogP contribution in [0.1, 0.15) is 38.2 Å². The molecule has 1 atom stereocenters. The van der Waals surface area contributed by atoms with E-state index in [0.717, 1.165) is 34.9 Å². The summed E-state index contributed by atoms with van der Waals surface area (Å²) >= 11 is 1.75. The summed E-state index contributed by atoms with van der Waals surface area (Å²) in [6, 6.07) is 9.12. The van der Waals surface area contributed by atoms with E-state index in [1.165, 1.54) is 19.3 Å². The van der Waals surface area contributed by atoms with Crippen LogP contribution in [0.15, 0.2) is 23.1 Å². The maximum absolute atomic E-state index is 9.56. The average molecular weight is 289 g/mol. The Balaban J connectivity index is 2.34. The summed E-state index contributed by atoms with van der Waals surface area (Å²) in [7, 11) is 0. The van der Waals surface area contributed by atoms with Gasteiger partial charge in [-0.2, -0.15) is 5.26 Å². The van der Waals surface area contributed by atoms with Crippen LogP contribution >= 0.6 is 11.8 Å². The average Bonchev–Trinajstić information content (AvgIpc) is 2.48. The lowest BCUT2D eigenvalue weighted by Gasteiger charge is -2.38. The van der Waals surface area contributed by atoms with Crippen LogP contribution in [0.4, 0.5) is 5.69 Å². The molecule has 2 N–H and O–H groups in total. The van der Waals surface area contributed by atoms with E-state index in [1.54, 1.807) is 11.8 Å². The number of rotatable bonds is 5. The van der Waals surface area contributed by atoms with E-state index in [2.05, 4.69) is 36.1 Å². The highest BCUT2D eigenvalue weighted by Gasteiger charge is 2.24. The molecule has 0 aromatic heterocycles. The van der Waals surface area contributed by atoms with E-state index in [0.29, 0.717) is 12.6 Å². The molecule has 1 aliphatic rings. The molecule has 3 nitrogen and oxygen atoms in total. The minimum absolute atomic E-state index is 0.489. The summed E-state index contributed by atoms with van der Waals surface area (Å²) < 4.78 is 0. The fraction of sp³-hybridized carbons (Fsp3) is 0.562. The predicted octanol–water partition coefficient (Wildman–Crippen LogP) is 3.38. The summed E-state index contributed by atoms with van der Waals surface area (Å²) in [5, 5.41) is 9.56. The van der Waals surface area contributed by atoms with Gasteiger partial charge in [0, 0.05) is 17.5 Å². The van der Waals surface area contributed by atoms with Crippen molar-refractivity contribution in [2.24, 2.45) is 5.73 Å². The number of nitriles is 1. The van der Waals surface area contributed by atoms with Crippen LogP contribution < -0.4 is 10.6 Å². The Morgan fingerprint density at radius 3 is 3.00 bits per heavy atom. The van der Waals surface area contributed by atoms with Crippen molar-refractivity contribution >= 4 is 17.4 Å². The molecule has 0 saturated carbocycles. The molecule has 1 heterocycles. The predicted molar refractivity (Wildman–Crippen MR) is 86.2 cm³/mol. The third-order valence-electron chi connectivity index (χ3n) is 3.85. The van der Waals surface area contributed by atoms with E-state index < -0.39 is 0 Å². The fourth-order valence-corrected chi connectivity index (χ4v) is 3.74. The standard InChI is InChI=1S/C16H23N3S/c1-2-20-16-8-5-7-15(14(16)12-18)19-11-4-3-6-13(19)9-10-17/h5,7-8,13H,2-4,6,9-11,17H2,1H3. The lowest BCUT2D eigenvalue weighted by Crippen LogP contribution is -2.41. The molecule has 1 fully saturated rings. The van der Waals surface area contributed by atoms with Crippen LogP contribution in [-0.2, 0) is 0 Å². The first-order chi connectivity index (χ1) is 9.81. The van der Waals surface area contributed by atoms with Gasteiger partial charge in [-0.3, -0.25) is 0 Å². The summed E-state index contributed by atoms with van der Waals surface area (Å²) in [5.74, 6) is 0.990. The van der Waals surface area contributed by atoms with Gasteiger partial charge in [0.05, 0.1) is 11.3 Å². The van der Waals surface area contributed by atoms with Crippen molar-refractivity contribution in [1.82, 2.24) is 0 Å². The molecule has 0 radical (unpaired) electrons. The SMILES string of the molecule is CCSc1cccc(N2CCCCC2CCN)c1C#N. The van der Waals surface area contributed by atoms with Crippen molar-refractivity contribution in [3.63, 3.8) is 0 Å².